The first-order valence-electron chi connectivity index (χ1n) is 5.81. The third-order valence-corrected chi connectivity index (χ3v) is 3.14. The molecule has 2 rings (SSSR count). The van der Waals surface area contributed by atoms with Crippen LogP contribution in [0.1, 0.15) is 19.3 Å². The standard InChI is InChI=1S/C12H14N2O4/c15-11-6-2-5-10(11)12(16)13-8-3-1-4-9(7-8)14(17)18/h1,3-4,7,10-11,15H,2,5-6H2,(H,13,16). The highest BCUT2D eigenvalue weighted by atomic mass is 16.6. The van der Waals surface area contributed by atoms with Crippen LogP contribution in [-0.2, 0) is 4.79 Å². The Hall–Kier alpha value is -1.95. The van der Waals surface area contributed by atoms with Crippen molar-refractivity contribution in [2.45, 2.75) is 25.4 Å². The summed E-state index contributed by atoms with van der Waals surface area (Å²) in [7, 11) is 0. The van der Waals surface area contributed by atoms with Gasteiger partial charge in [-0.05, 0) is 25.3 Å². The maximum atomic E-state index is 11.9. The molecule has 1 aliphatic carbocycles. The van der Waals surface area contributed by atoms with E-state index in [-0.39, 0.29) is 11.6 Å². The Morgan fingerprint density at radius 1 is 1.44 bits per heavy atom. The number of hydrogen-bond donors (Lipinski definition) is 2. The van der Waals surface area contributed by atoms with E-state index in [1.165, 1.54) is 18.2 Å². The quantitative estimate of drug-likeness (QED) is 0.630. The van der Waals surface area contributed by atoms with Gasteiger partial charge in [0.2, 0.25) is 5.91 Å². The smallest absolute Gasteiger partial charge is 0.271 e. The highest BCUT2D eigenvalue weighted by molar-refractivity contribution is 5.93. The highest BCUT2D eigenvalue weighted by Gasteiger charge is 2.31. The van der Waals surface area contributed by atoms with Gasteiger partial charge in [0.1, 0.15) is 0 Å². The zero-order valence-corrected chi connectivity index (χ0v) is 9.70. The van der Waals surface area contributed by atoms with Gasteiger partial charge in [0.25, 0.3) is 5.69 Å². The van der Waals surface area contributed by atoms with Crippen molar-refractivity contribution < 1.29 is 14.8 Å². The molecule has 1 aromatic rings. The average molecular weight is 250 g/mol. The normalized spacial score (nSPS) is 22.7. The zero-order chi connectivity index (χ0) is 13.1. The van der Waals surface area contributed by atoms with E-state index in [0.29, 0.717) is 18.5 Å². The van der Waals surface area contributed by atoms with Crippen LogP contribution in [0.15, 0.2) is 24.3 Å². The number of nitro groups is 1. The first-order valence-corrected chi connectivity index (χ1v) is 5.81. The number of aliphatic hydroxyl groups excluding tert-OH is 1. The fourth-order valence-corrected chi connectivity index (χ4v) is 2.18. The molecule has 96 valence electrons. The number of carbonyl (C=O) groups excluding carboxylic acids is 1. The number of amides is 1. The van der Waals surface area contributed by atoms with Gasteiger partial charge in [0.05, 0.1) is 16.9 Å². The molecule has 1 saturated carbocycles. The fourth-order valence-electron chi connectivity index (χ4n) is 2.18. The predicted octanol–water partition coefficient (Wildman–Crippen LogP) is 1.69. The molecule has 0 bridgehead atoms. The van der Waals surface area contributed by atoms with Crippen LogP contribution in [0.25, 0.3) is 0 Å². The molecule has 18 heavy (non-hydrogen) atoms. The van der Waals surface area contributed by atoms with Gasteiger partial charge in [-0.1, -0.05) is 6.07 Å². The topological polar surface area (TPSA) is 92.5 Å². The number of benzene rings is 1. The molecule has 0 spiro atoms. The molecule has 1 aliphatic rings. The fraction of sp³-hybridized carbons (Fsp3) is 0.417. The lowest BCUT2D eigenvalue weighted by atomic mass is 10.1. The van der Waals surface area contributed by atoms with Gasteiger partial charge < -0.3 is 10.4 Å². The van der Waals surface area contributed by atoms with Crippen molar-refractivity contribution in [3.8, 4) is 0 Å². The maximum Gasteiger partial charge on any atom is 0.271 e. The lowest BCUT2D eigenvalue weighted by molar-refractivity contribution is -0.384. The molecular weight excluding hydrogens is 236 g/mol. The van der Waals surface area contributed by atoms with Gasteiger partial charge in [-0.15, -0.1) is 0 Å². The first-order chi connectivity index (χ1) is 8.58. The van der Waals surface area contributed by atoms with Gasteiger partial charge in [0.15, 0.2) is 0 Å². The second-order valence-corrected chi connectivity index (χ2v) is 4.40. The van der Waals surface area contributed by atoms with E-state index in [4.69, 9.17) is 0 Å². The number of non-ortho nitro benzene ring substituents is 1. The number of carbonyl (C=O) groups is 1. The van der Waals surface area contributed by atoms with Crippen molar-refractivity contribution in [2.24, 2.45) is 5.92 Å². The van der Waals surface area contributed by atoms with Crippen LogP contribution in [-0.4, -0.2) is 22.0 Å². The van der Waals surface area contributed by atoms with Gasteiger partial charge in [-0.2, -0.15) is 0 Å². The SMILES string of the molecule is O=C(Nc1cccc([N+](=O)[O-])c1)C1CCCC1O. The maximum absolute atomic E-state index is 11.9. The monoisotopic (exact) mass is 250 g/mol. The number of nitrogens with one attached hydrogen (secondary N) is 1. The number of hydrogen-bond acceptors (Lipinski definition) is 4. The van der Waals surface area contributed by atoms with E-state index in [9.17, 15) is 20.0 Å². The summed E-state index contributed by atoms with van der Waals surface area (Å²) >= 11 is 0. The minimum absolute atomic E-state index is 0.0697. The van der Waals surface area contributed by atoms with E-state index in [2.05, 4.69) is 5.32 Å². The van der Waals surface area contributed by atoms with Crippen LogP contribution in [0.4, 0.5) is 11.4 Å². The largest absolute Gasteiger partial charge is 0.392 e. The summed E-state index contributed by atoms with van der Waals surface area (Å²) < 4.78 is 0. The molecular formula is C12H14N2O4. The second kappa shape index (κ2) is 5.14. The highest BCUT2D eigenvalue weighted by Crippen LogP contribution is 2.27. The number of aliphatic hydroxyl groups is 1. The van der Waals surface area contributed by atoms with Crippen molar-refractivity contribution in [2.75, 3.05) is 5.32 Å². The summed E-state index contributed by atoms with van der Waals surface area (Å²) in [4.78, 5) is 22.0. The summed E-state index contributed by atoms with van der Waals surface area (Å²) in [6.45, 7) is 0. The molecule has 0 aliphatic heterocycles. The molecule has 1 fully saturated rings. The molecule has 1 amide bonds. The third kappa shape index (κ3) is 2.65. The molecule has 0 aromatic heterocycles. The summed E-state index contributed by atoms with van der Waals surface area (Å²) in [6, 6.07) is 5.77. The average Bonchev–Trinajstić information content (AvgIpc) is 2.76. The van der Waals surface area contributed by atoms with Gasteiger partial charge in [-0.25, -0.2) is 0 Å². The van der Waals surface area contributed by atoms with E-state index in [0.717, 1.165) is 6.42 Å². The van der Waals surface area contributed by atoms with Crippen molar-refractivity contribution in [3.05, 3.63) is 34.4 Å². The van der Waals surface area contributed by atoms with Crippen LogP contribution in [0.2, 0.25) is 0 Å². The van der Waals surface area contributed by atoms with Crippen LogP contribution in [0.5, 0.6) is 0 Å². The van der Waals surface area contributed by atoms with Gasteiger partial charge in [0, 0.05) is 17.8 Å². The number of anilines is 1. The van der Waals surface area contributed by atoms with E-state index in [1.807, 2.05) is 0 Å². The van der Waals surface area contributed by atoms with Crippen molar-refractivity contribution in [3.63, 3.8) is 0 Å². The second-order valence-electron chi connectivity index (χ2n) is 4.40. The Morgan fingerprint density at radius 2 is 2.22 bits per heavy atom. The summed E-state index contributed by atoms with van der Waals surface area (Å²) in [6.07, 6.45) is 1.51. The molecule has 2 unspecified atom stereocenters. The van der Waals surface area contributed by atoms with E-state index >= 15 is 0 Å². The molecule has 0 radical (unpaired) electrons. The summed E-state index contributed by atoms with van der Waals surface area (Å²) in [5.74, 6) is -0.690. The minimum Gasteiger partial charge on any atom is -0.392 e. The lowest BCUT2D eigenvalue weighted by Crippen LogP contribution is -2.28. The molecule has 1 aromatic carbocycles. The van der Waals surface area contributed by atoms with E-state index in [1.54, 1.807) is 6.07 Å². The Morgan fingerprint density at radius 3 is 2.83 bits per heavy atom. The van der Waals surface area contributed by atoms with Gasteiger partial charge in [-0.3, -0.25) is 14.9 Å². The molecule has 2 N–H and O–H groups in total. The molecule has 0 heterocycles. The Balaban J connectivity index is 2.07. The van der Waals surface area contributed by atoms with Crippen molar-refractivity contribution in [1.82, 2.24) is 0 Å². The summed E-state index contributed by atoms with van der Waals surface area (Å²) in [5, 5.41) is 22.8. The first kappa shape index (κ1) is 12.5. The van der Waals surface area contributed by atoms with E-state index < -0.39 is 16.9 Å². The predicted molar refractivity (Wildman–Crippen MR) is 65.1 cm³/mol. The minimum atomic E-state index is -0.608. The van der Waals surface area contributed by atoms with Crippen LogP contribution >= 0.6 is 0 Å². The molecule has 6 heteroatoms. The van der Waals surface area contributed by atoms with Gasteiger partial charge >= 0.3 is 0 Å². The van der Waals surface area contributed by atoms with Crippen LogP contribution in [0, 0.1) is 16.0 Å². The van der Waals surface area contributed by atoms with Crippen LogP contribution in [0.3, 0.4) is 0 Å². The van der Waals surface area contributed by atoms with Crippen LogP contribution < -0.4 is 5.32 Å². The number of rotatable bonds is 3. The Bertz CT molecular complexity index is 475. The molecule has 2 atom stereocenters. The summed E-state index contributed by atoms with van der Waals surface area (Å²) in [5.41, 5.74) is 0.313. The third-order valence-electron chi connectivity index (χ3n) is 3.14. The Labute approximate surface area is 104 Å². The van der Waals surface area contributed by atoms with Crippen molar-refractivity contribution in [1.29, 1.82) is 0 Å². The van der Waals surface area contributed by atoms with Crippen molar-refractivity contribution >= 4 is 17.3 Å². The molecule has 0 saturated heterocycles. The Kier molecular flexibility index (Phi) is 3.57. The lowest BCUT2D eigenvalue weighted by Gasteiger charge is -2.14. The number of nitro benzene ring substituents is 1. The molecule has 6 nitrogen and oxygen atoms in total. The zero-order valence-electron chi connectivity index (χ0n) is 9.70. The number of nitrogens with zero attached hydrogens (tertiary/aromatic N) is 1.